The van der Waals surface area contributed by atoms with Gasteiger partial charge in [-0.3, -0.25) is 0 Å². The second-order valence-electron chi connectivity index (χ2n) is 17.3. The standard InChI is InChI=1S/C64H45NO/c1-42(52-27-14-29-61-60-26-9-10-30-63(60)66-64(52)61)31-32-43(2)65(51-20-12-18-47(40-51)46-17-11-19-49(39-46)54-28-13-16-45-15-3-4-21-53(45)54)50-36-33-44(34-37-50)48-35-38-59-57-24-6-5-22-55(57)56-23-7-8-25-58(56)62(59)41-48/h3-41H,1-2H3/b42-31+,43-32+. The Hall–Kier alpha value is -8.46. The fourth-order valence-corrected chi connectivity index (χ4v) is 10.1. The number of rotatable bonds is 8. The van der Waals surface area contributed by atoms with Crippen LogP contribution in [0.25, 0.3) is 104 Å². The van der Waals surface area contributed by atoms with Crippen LogP contribution < -0.4 is 4.90 Å². The predicted octanol–water partition coefficient (Wildman–Crippen LogP) is 18.3. The van der Waals surface area contributed by atoms with E-state index in [9.17, 15) is 0 Å². The summed E-state index contributed by atoms with van der Waals surface area (Å²) in [6.45, 7) is 4.37. The minimum absolute atomic E-state index is 0.905. The first-order chi connectivity index (χ1) is 32.6. The second-order valence-corrected chi connectivity index (χ2v) is 17.3. The van der Waals surface area contributed by atoms with Crippen LogP contribution in [0.2, 0.25) is 0 Å². The maximum Gasteiger partial charge on any atom is 0.142 e. The summed E-state index contributed by atoms with van der Waals surface area (Å²) < 4.78 is 6.45. The second kappa shape index (κ2) is 16.3. The van der Waals surface area contributed by atoms with E-state index in [2.05, 4.69) is 243 Å². The molecule has 0 unspecified atom stereocenters. The van der Waals surface area contributed by atoms with Crippen LogP contribution in [0.1, 0.15) is 19.4 Å². The third-order valence-corrected chi connectivity index (χ3v) is 13.4. The molecule has 66 heavy (non-hydrogen) atoms. The smallest absolute Gasteiger partial charge is 0.142 e. The van der Waals surface area contributed by atoms with Crippen molar-refractivity contribution in [1.29, 1.82) is 0 Å². The molecule has 312 valence electrons. The molecule has 0 bridgehead atoms. The predicted molar refractivity (Wildman–Crippen MR) is 282 cm³/mol. The van der Waals surface area contributed by atoms with Gasteiger partial charge in [0.25, 0.3) is 0 Å². The van der Waals surface area contributed by atoms with Crippen LogP contribution in [-0.2, 0) is 0 Å². The van der Waals surface area contributed by atoms with Crippen molar-refractivity contribution in [2.75, 3.05) is 4.90 Å². The highest BCUT2D eigenvalue weighted by Gasteiger charge is 2.16. The molecule has 0 aliphatic carbocycles. The number of hydrogen-bond donors (Lipinski definition) is 0. The number of anilines is 2. The largest absolute Gasteiger partial charge is 0.455 e. The maximum atomic E-state index is 6.45. The summed E-state index contributed by atoms with van der Waals surface area (Å²) in [5.74, 6) is 0. The SMILES string of the molecule is C/C(=C\C=C(/C)N(c1ccc(-c2ccc3c4ccccc4c4ccccc4c3c2)cc1)c1cccc(-c2cccc(-c3cccc4ccccc34)c2)c1)c1cccc2c1oc1ccccc12. The first kappa shape index (κ1) is 39.2. The maximum absolute atomic E-state index is 6.45. The van der Waals surface area contributed by atoms with E-state index < -0.39 is 0 Å². The molecular formula is C64H45NO. The molecule has 11 aromatic carbocycles. The Kier molecular flexibility index (Phi) is 9.65. The van der Waals surface area contributed by atoms with E-state index in [4.69, 9.17) is 4.42 Å². The van der Waals surface area contributed by atoms with E-state index in [1.807, 2.05) is 12.1 Å². The van der Waals surface area contributed by atoms with Crippen LogP contribution >= 0.6 is 0 Å². The molecule has 0 saturated carbocycles. The summed E-state index contributed by atoms with van der Waals surface area (Å²) in [5.41, 5.74) is 14.4. The van der Waals surface area contributed by atoms with E-state index >= 15 is 0 Å². The average molecular weight is 844 g/mol. The summed E-state index contributed by atoms with van der Waals surface area (Å²) in [6.07, 6.45) is 4.45. The number of para-hydroxylation sites is 2. The minimum atomic E-state index is 0.905. The van der Waals surface area contributed by atoms with Crippen LogP contribution in [0.15, 0.2) is 247 Å². The molecule has 12 aromatic rings. The van der Waals surface area contributed by atoms with Gasteiger partial charge in [-0.2, -0.15) is 0 Å². The highest BCUT2D eigenvalue weighted by Crippen LogP contribution is 2.40. The Morgan fingerprint density at radius 3 is 1.68 bits per heavy atom. The molecule has 0 N–H and O–H groups in total. The molecule has 2 heteroatoms. The quantitative estimate of drug-likeness (QED) is 0.112. The van der Waals surface area contributed by atoms with Gasteiger partial charge < -0.3 is 9.32 Å². The van der Waals surface area contributed by atoms with Crippen LogP contribution in [0.4, 0.5) is 11.4 Å². The zero-order valence-corrected chi connectivity index (χ0v) is 36.9. The topological polar surface area (TPSA) is 16.4 Å². The highest BCUT2D eigenvalue weighted by molar-refractivity contribution is 6.25. The van der Waals surface area contributed by atoms with Crippen molar-refractivity contribution in [3.05, 3.63) is 248 Å². The number of benzene rings is 11. The van der Waals surface area contributed by atoms with Gasteiger partial charge in [-0.15, -0.1) is 0 Å². The fourth-order valence-electron chi connectivity index (χ4n) is 10.1. The summed E-state index contributed by atoms with van der Waals surface area (Å²) in [7, 11) is 0. The van der Waals surface area contributed by atoms with Crippen molar-refractivity contribution in [1.82, 2.24) is 0 Å². The molecule has 12 rings (SSSR count). The van der Waals surface area contributed by atoms with Crippen LogP contribution in [-0.4, -0.2) is 0 Å². The number of allylic oxidation sites excluding steroid dienone is 4. The number of fused-ring (bicyclic) bond motifs is 10. The molecule has 0 atom stereocenters. The van der Waals surface area contributed by atoms with Crippen molar-refractivity contribution >= 4 is 82.0 Å². The summed E-state index contributed by atoms with van der Waals surface area (Å²) in [4.78, 5) is 2.37. The van der Waals surface area contributed by atoms with E-state index in [0.29, 0.717) is 0 Å². The Morgan fingerprint density at radius 1 is 0.364 bits per heavy atom. The molecule has 2 nitrogen and oxygen atoms in total. The molecule has 0 radical (unpaired) electrons. The molecule has 1 heterocycles. The Morgan fingerprint density at radius 2 is 0.909 bits per heavy atom. The van der Waals surface area contributed by atoms with E-state index in [0.717, 1.165) is 55.7 Å². The molecule has 0 fully saturated rings. The molecule has 0 saturated heterocycles. The van der Waals surface area contributed by atoms with Crippen molar-refractivity contribution in [3.63, 3.8) is 0 Å². The van der Waals surface area contributed by atoms with E-state index in [1.54, 1.807) is 0 Å². The molecule has 0 aliphatic rings. The Labute approximate surface area is 384 Å². The number of nitrogens with zero attached hydrogens (tertiary/aromatic N) is 1. The van der Waals surface area contributed by atoms with Crippen molar-refractivity contribution in [2.24, 2.45) is 0 Å². The van der Waals surface area contributed by atoms with Gasteiger partial charge in [0.15, 0.2) is 0 Å². The summed E-state index contributed by atoms with van der Waals surface area (Å²) in [5, 5.41) is 12.5. The van der Waals surface area contributed by atoms with Gasteiger partial charge >= 0.3 is 0 Å². The normalized spacial score (nSPS) is 12.3. The van der Waals surface area contributed by atoms with E-state index in [1.165, 1.54) is 70.9 Å². The molecule has 0 amide bonds. The van der Waals surface area contributed by atoms with Gasteiger partial charge in [0, 0.05) is 33.4 Å². The van der Waals surface area contributed by atoms with Gasteiger partial charge in [-0.1, -0.05) is 188 Å². The van der Waals surface area contributed by atoms with Gasteiger partial charge in [0.2, 0.25) is 0 Å². The first-order valence-corrected chi connectivity index (χ1v) is 22.7. The lowest BCUT2D eigenvalue weighted by Gasteiger charge is -2.27. The van der Waals surface area contributed by atoms with Gasteiger partial charge in [-0.25, -0.2) is 0 Å². The van der Waals surface area contributed by atoms with Crippen molar-refractivity contribution in [2.45, 2.75) is 13.8 Å². The van der Waals surface area contributed by atoms with Crippen molar-refractivity contribution < 1.29 is 4.42 Å². The highest BCUT2D eigenvalue weighted by atomic mass is 16.3. The zero-order valence-electron chi connectivity index (χ0n) is 36.9. The Bertz CT molecular complexity index is 3860. The van der Waals surface area contributed by atoms with Gasteiger partial charge in [-0.05, 0) is 144 Å². The third kappa shape index (κ3) is 6.83. The van der Waals surface area contributed by atoms with Crippen LogP contribution in [0.3, 0.4) is 0 Å². The lowest BCUT2D eigenvalue weighted by atomic mass is 9.92. The average Bonchev–Trinajstić information content (AvgIpc) is 3.77. The Balaban J connectivity index is 0.951. The molecule has 0 spiro atoms. The van der Waals surface area contributed by atoms with Crippen molar-refractivity contribution in [3.8, 4) is 33.4 Å². The molecule has 1 aromatic heterocycles. The number of hydrogen-bond acceptors (Lipinski definition) is 2. The molecule has 0 aliphatic heterocycles. The lowest BCUT2D eigenvalue weighted by molar-refractivity contribution is 0.667. The first-order valence-electron chi connectivity index (χ1n) is 22.7. The third-order valence-electron chi connectivity index (χ3n) is 13.4. The van der Waals surface area contributed by atoms with Crippen LogP contribution in [0, 0.1) is 0 Å². The zero-order chi connectivity index (χ0) is 44.1. The van der Waals surface area contributed by atoms with Crippen LogP contribution in [0.5, 0.6) is 0 Å². The van der Waals surface area contributed by atoms with E-state index in [-0.39, 0.29) is 0 Å². The molecular weight excluding hydrogens is 799 g/mol. The van der Waals surface area contributed by atoms with Gasteiger partial charge in [0.1, 0.15) is 11.2 Å². The number of furan rings is 1. The minimum Gasteiger partial charge on any atom is -0.455 e. The van der Waals surface area contributed by atoms with Gasteiger partial charge in [0.05, 0.1) is 0 Å². The summed E-state index contributed by atoms with van der Waals surface area (Å²) in [6, 6.07) is 81.3. The fraction of sp³-hybridized carbons (Fsp3) is 0.0312. The summed E-state index contributed by atoms with van der Waals surface area (Å²) >= 11 is 0. The monoisotopic (exact) mass is 843 g/mol. The lowest BCUT2D eigenvalue weighted by Crippen LogP contribution is -2.14.